The lowest BCUT2D eigenvalue weighted by Crippen LogP contribution is -2.48. The first-order chi connectivity index (χ1) is 11.0. The summed E-state index contributed by atoms with van der Waals surface area (Å²) < 4.78 is 0. The SMILES string of the molecule is CC1(C)NCCC1NCc1nc(N)c2c3c(sc2n1)CCCC3. The summed E-state index contributed by atoms with van der Waals surface area (Å²) in [4.78, 5) is 11.9. The molecule has 1 aliphatic heterocycles. The Kier molecular flexibility index (Phi) is 3.78. The average Bonchev–Trinajstić information content (AvgIpc) is 3.04. The number of fused-ring (bicyclic) bond motifs is 3. The van der Waals surface area contributed by atoms with Crippen LogP contribution in [0, 0.1) is 0 Å². The third-order valence-electron chi connectivity index (χ3n) is 5.28. The Morgan fingerprint density at radius 1 is 1.30 bits per heavy atom. The van der Waals surface area contributed by atoms with Gasteiger partial charge in [0.05, 0.1) is 11.9 Å². The predicted octanol–water partition coefficient (Wildman–Crippen LogP) is 2.38. The van der Waals surface area contributed by atoms with Crippen LogP contribution < -0.4 is 16.4 Å². The lowest BCUT2D eigenvalue weighted by Gasteiger charge is -2.27. The third-order valence-corrected chi connectivity index (χ3v) is 6.47. The van der Waals surface area contributed by atoms with Gasteiger partial charge in [-0.3, -0.25) is 0 Å². The number of anilines is 1. The van der Waals surface area contributed by atoms with Gasteiger partial charge in [0.2, 0.25) is 0 Å². The van der Waals surface area contributed by atoms with Crippen LogP contribution in [0.2, 0.25) is 0 Å². The number of rotatable bonds is 3. The third kappa shape index (κ3) is 2.73. The molecule has 3 heterocycles. The molecule has 0 bridgehead atoms. The first-order valence-corrected chi connectivity index (χ1v) is 9.41. The summed E-state index contributed by atoms with van der Waals surface area (Å²) in [5.41, 5.74) is 7.81. The molecule has 2 aliphatic rings. The van der Waals surface area contributed by atoms with E-state index in [9.17, 15) is 0 Å². The summed E-state index contributed by atoms with van der Waals surface area (Å²) >= 11 is 1.81. The summed E-state index contributed by atoms with van der Waals surface area (Å²) in [6, 6.07) is 0.444. The highest BCUT2D eigenvalue weighted by atomic mass is 32.1. The van der Waals surface area contributed by atoms with Crippen molar-refractivity contribution in [2.45, 2.75) is 64.1 Å². The second-order valence-electron chi connectivity index (χ2n) is 7.29. The fraction of sp³-hybridized carbons (Fsp3) is 0.647. The van der Waals surface area contributed by atoms with Gasteiger partial charge in [0.1, 0.15) is 16.5 Å². The second kappa shape index (κ2) is 5.69. The fourth-order valence-electron chi connectivity index (χ4n) is 3.91. The molecule has 0 spiro atoms. The molecule has 0 aromatic carbocycles. The van der Waals surface area contributed by atoms with E-state index in [2.05, 4.69) is 29.5 Å². The molecule has 2 aromatic rings. The van der Waals surface area contributed by atoms with Crippen LogP contribution in [0.3, 0.4) is 0 Å². The minimum atomic E-state index is 0.123. The monoisotopic (exact) mass is 331 g/mol. The molecule has 4 N–H and O–H groups in total. The summed E-state index contributed by atoms with van der Waals surface area (Å²) in [5, 5.41) is 8.26. The number of hydrogen-bond acceptors (Lipinski definition) is 6. The van der Waals surface area contributed by atoms with Crippen molar-refractivity contribution in [3.8, 4) is 0 Å². The maximum atomic E-state index is 6.28. The van der Waals surface area contributed by atoms with Crippen LogP contribution in [0.25, 0.3) is 10.2 Å². The van der Waals surface area contributed by atoms with Crippen molar-refractivity contribution in [2.75, 3.05) is 12.3 Å². The van der Waals surface area contributed by atoms with Gasteiger partial charge < -0.3 is 16.4 Å². The number of nitrogens with two attached hydrogens (primary N) is 1. The second-order valence-corrected chi connectivity index (χ2v) is 8.37. The lowest BCUT2D eigenvalue weighted by molar-refractivity contribution is 0.348. The number of aromatic nitrogens is 2. The van der Waals surface area contributed by atoms with E-state index in [-0.39, 0.29) is 5.54 Å². The summed E-state index contributed by atoms with van der Waals surface area (Å²) in [7, 11) is 0. The topological polar surface area (TPSA) is 75.9 Å². The Morgan fingerprint density at radius 3 is 2.91 bits per heavy atom. The van der Waals surface area contributed by atoms with Crippen molar-refractivity contribution < 1.29 is 0 Å². The van der Waals surface area contributed by atoms with E-state index in [0.717, 1.165) is 35.4 Å². The Morgan fingerprint density at radius 2 is 2.13 bits per heavy atom. The fourth-order valence-corrected chi connectivity index (χ4v) is 5.19. The number of nitrogens with zero attached hydrogens (tertiary/aromatic N) is 2. The zero-order valence-corrected chi connectivity index (χ0v) is 14.7. The van der Waals surface area contributed by atoms with Crippen molar-refractivity contribution >= 4 is 27.4 Å². The highest BCUT2D eigenvalue weighted by molar-refractivity contribution is 7.19. The van der Waals surface area contributed by atoms with Crippen LogP contribution in [0.4, 0.5) is 5.82 Å². The lowest BCUT2D eigenvalue weighted by atomic mass is 9.97. The molecule has 4 rings (SSSR count). The molecule has 2 aromatic heterocycles. The molecular weight excluding hydrogens is 306 g/mol. The largest absolute Gasteiger partial charge is 0.383 e. The Labute approximate surface area is 141 Å². The van der Waals surface area contributed by atoms with Gasteiger partial charge in [-0.2, -0.15) is 0 Å². The van der Waals surface area contributed by atoms with E-state index in [0.29, 0.717) is 18.4 Å². The molecule has 5 nitrogen and oxygen atoms in total. The van der Waals surface area contributed by atoms with Gasteiger partial charge in [-0.25, -0.2) is 9.97 Å². The zero-order valence-electron chi connectivity index (χ0n) is 13.9. The maximum absolute atomic E-state index is 6.28. The smallest absolute Gasteiger partial charge is 0.146 e. The molecule has 0 amide bonds. The molecule has 1 aliphatic carbocycles. The molecule has 6 heteroatoms. The van der Waals surface area contributed by atoms with E-state index in [4.69, 9.17) is 10.7 Å². The van der Waals surface area contributed by atoms with Crippen LogP contribution in [-0.4, -0.2) is 28.1 Å². The molecular formula is C17H25N5S. The predicted molar refractivity (Wildman–Crippen MR) is 95.8 cm³/mol. The quantitative estimate of drug-likeness (QED) is 0.805. The number of nitrogens with one attached hydrogen (secondary N) is 2. The van der Waals surface area contributed by atoms with Gasteiger partial charge in [-0.05, 0) is 58.1 Å². The molecule has 124 valence electrons. The highest BCUT2D eigenvalue weighted by Gasteiger charge is 2.33. The zero-order chi connectivity index (χ0) is 16.0. The summed E-state index contributed by atoms with van der Waals surface area (Å²) in [5.74, 6) is 1.48. The Balaban J connectivity index is 1.59. The summed E-state index contributed by atoms with van der Waals surface area (Å²) in [6.07, 6.45) is 5.97. The van der Waals surface area contributed by atoms with Crippen molar-refractivity contribution in [2.24, 2.45) is 0 Å². The number of thiophene rings is 1. The van der Waals surface area contributed by atoms with Crippen LogP contribution in [0.1, 0.15) is 49.4 Å². The average molecular weight is 331 g/mol. The highest BCUT2D eigenvalue weighted by Crippen LogP contribution is 2.37. The van der Waals surface area contributed by atoms with Gasteiger partial charge in [0.25, 0.3) is 0 Å². The van der Waals surface area contributed by atoms with Gasteiger partial charge >= 0.3 is 0 Å². The Hall–Kier alpha value is -1.24. The van der Waals surface area contributed by atoms with Gasteiger partial charge in [-0.1, -0.05) is 0 Å². The normalized spacial score (nSPS) is 23.3. The summed E-state index contributed by atoms with van der Waals surface area (Å²) in [6.45, 7) is 6.22. The molecule has 1 atom stereocenters. The minimum Gasteiger partial charge on any atom is -0.383 e. The molecule has 1 unspecified atom stereocenters. The molecule has 0 radical (unpaired) electrons. The molecule has 23 heavy (non-hydrogen) atoms. The molecule has 1 saturated heterocycles. The van der Waals surface area contributed by atoms with Crippen molar-refractivity contribution in [1.29, 1.82) is 0 Å². The molecule has 0 saturated carbocycles. The number of hydrogen-bond donors (Lipinski definition) is 3. The van der Waals surface area contributed by atoms with Gasteiger partial charge in [-0.15, -0.1) is 11.3 Å². The van der Waals surface area contributed by atoms with Crippen molar-refractivity contribution in [1.82, 2.24) is 20.6 Å². The van der Waals surface area contributed by atoms with Crippen molar-refractivity contribution in [3.63, 3.8) is 0 Å². The molecule has 1 fully saturated rings. The van der Waals surface area contributed by atoms with Crippen LogP contribution in [-0.2, 0) is 19.4 Å². The van der Waals surface area contributed by atoms with Crippen molar-refractivity contribution in [3.05, 3.63) is 16.3 Å². The minimum absolute atomic E-state index is 0.123. The van der Waals surface area contributed by atoms with Gasteiger partial charge in [0, 0.05) is 16.5 Å². The Bertz CT molecular complexity index is 736. The number of aryl methyl sites for hydroxylation is 2. The van der Waals surface area contributed by atoms with Gasteiger partial charge in [0.15, 0.2) is 0 Å². The van der Waals surface area contributed by atoms with Crippen LogP contribution in [0.5, 0.6) is 0 Å². The maximum Gasteiger partial charge on any atom is 0.146 e. The van der Waals surface area contributed by atoms with E-state index in [1.807, 2.05) is 11.3 Å². The van der Waals surface area contributed by atoms with E-state index in [1.165, 1.54) is 29.7 Å². The standard InChI is InChI=1S/C17H25N5S/c1-17(2)12(7-8-20-17)19-9-13-21-15(18)14-10-5-3-4-6-11(10)23-16(14)22-13/h12,19-20H,3-9H2,1-2H3,(H2,18,21,22). The van der Waals surface area contributed by atoms with Crippen LogP contribution in [0.15, 0.2) is 0 Å². The van der Waals surface area contributed by atoms with E-state index in [1.54, 1.807) is 0 Å². The first kappa shape index (κ1) is 15.3. The van der Waals surface area contributed by atoms with Crippen LogP contribution >= 0.6 is 11.3 Å². The number of nitrogen functional groups attached to an aromatic ring is 1. The first-order valence-electron chi connectivity index (χ1n) is 8.59. The van der Waals surface area contributed by atoms with E-state index >= 15 is 0 Å². The van der Waals surface area contributed by atoms with E-state index < -0.39 is 0 Å².